The molecule has 2 aromatic rings. The van der Waals surface area contributed by atoms with Crippen molar-refractivity contribution in [1.29, 1.82) is 0 Å². The van der Waals surface area contributed by atoms with Gasteiger partial charge in [-0.2, -0.15) is 0 Å². The van der Waals surface area contributed by atoms with E-state index >= 15 is 0 Å². The molecule has 132 valence electrons. The van der Waals surface area contributed by atoms with Gasteiger partial charge in [-0.1, -0.05) is 6.07 Å². The Kier molecular flexibility index (Phi) is 6.34. The van der Waals surface area contributed by atoms with E-state index in [-0.39, 0.29) is 5.91 Å². The summed E-state index contributed by atoms with van der Waals surface area (Å²) >= 11 is 0. The summed E-state index contributed by atoms with van der Waals surface area (Å²) < 4.78 is 0. The largest absolute Gasteiger partial charge is 0.369 e. The lowest BCUT2D eigenvalue weighted by Crippen LogP contribution is -2.29. The van der Waals surface area contributed by atoms with Crippen LogP contribution in [-0.2, 0) is 6.42 Å². The third-order valence-corrected chi connectivity index (χ3v) is 4.34. The maximum absolute atomic E-state index is 12.1. The van der Waals surface area contributed by atoms with Crippen LogP contribution in [-0.4, -0.2) is 41.6 Å². The molecule has 1 aliphatic heterocycles. The van der Waals surface area contributed by atoms with Gasteiger partial charge in [-0.3, -0.25) is 9.78 Å². The highest BCUT2D eigenvalue weighted by molar-refractivity contribution is 5.94. The van der Waals surface area contributed by atoms with E-state index in [2.05, 4.69) is 25.9 Å². The molecular formula is C19H25N5O. The van der Waals surface area contributed by atoms with Gasteiger partial charge in [0.2, 0.25) is 0 Å². The number of carbonyl (C=O) groups excluding carboxylic acids is 1. The molecule has 2 aromatic heterocycles. The molecule has 0 unspecified atom stereocenters. The number of amides is 1. The van der Waals surface area contributed by atoms with E-state index in [1.54, 1.807) is 12.4 Å². The first-order chi connectivity index (χ1) is 12.3. The summed E-state index contributed by atoms with van der Waals surface area (Å²) in [7, 11) is 0. The van der Waals surface area contributed by atoms with Crippen LogP contribution in [0.25, 0.3) is 0 Å². The van der Waals surface area contributed by atoms with Crippen molar-refractivity contribution in [3.05, 3.63) is 54.0 Å². The van der Waals surface area contributed by atoms with Gasteiger partial charge in [0.05, 0.1) is 5.56 Å². The van der Waals surface area contributed by atoms with Gasteiger partial charge in [0.15, 0.2) is 0 Å². The minimum Gasteiger partial charge on any atom is -0.369 e. The number of nitrogens with zero attached hydrogens (tertiary/aromatic N) is 2. The van der Waals surface area contributed by atoms with Crippen LogP contribution in [0.15, 0.2) is 42.7 Å². The highest BCUT2D eigenvalue weighted by Crippen LogP contribution is 2.08. The lowest BCUT2D eigenvalue weighted by molar-refractivity contribution is 0.0953. The molecular weight excluding hydrogens is 314 g/mol. The minimum absolute atomic E-state index is 0.0856. The quantitative estimate of drug-likeness (QED) is 0.641. The second-order valence-corrected chi connectivity index (χ2v) is 6.29. The van der Waals surface area contributed by atoms with Crippen molar-refractivity contribution in [2.45, 2.75) is 31.7 Å². The zero-order chi connectivity index (χ0) is 17.3. The summed E-state index contributed by atoms with van der Waals surface area (Å²) in [5, 5.41) is 9.68. The van der Waals surface area contributed by atoms with Gasteiger partial charge in [-0.15, -0.1) is 0 Å². The molecule has 0 aromatic carbocycles. The number of rotatable bonds is 8. The number of hydrogen-bond acceptors (Lipinski definition) is 5. The van der Waals surface area contributed by atoms with Crippen LogP contribution in [0.2, 0.25) is 0 Å². The summed E-state index contributed by atoms with van der Waals surface area (Å²) in [6, 6.07) is 10.1. The second-order valence-electron chi connectivity index (χ2n) is 6.29. The summed E-state index contributed by atoms with van der Waals surface area (Å²) in [5.74, 6) is 0.720. The molecule has 6 heteroatoms. The number of anilines is 1. The number of carbonyl (C=O) groups is 1. The molecule has 1 aliphatic rings. The Hall–Kier alpha value is -2.47. The van der Waals surface area contributed by atoms with E-state index in [1.807, 2.05) is 30.3 Å². The Balaban J connectivity index is 1.38. The van der Waals surface area contributed by atoms with Crippen LogP contribution < -0.4 is 16.0 Å². The number of aryl methyl sites for hydroxylation is 1. The Labute approximate surface area is 148 Å². The predicted molar refractivity (Wildman–Crippen MR) is 98.6 cm³/mol. The molecule has 3 rings (SSSR count). The van der Waals surface area contributed by atoms with Gasteiger partial charge in [-0.25, -0.2) is 4.98 Å². The standard InChI is InChI=1S/C19H25N5O/c25-19(22-12-3-6-16-5-1-2-10-20-16)15-8-9-18(23-13-15)24-14-17-7-4-11-21-17/h1-2,5,8-10,13,17,21H,3-4,6-7,11-12,14H2,(H,22,25)(H,23,24)/t17-/m0/s1. The van der Waals surface area contributed by atoms with Crippen LogP contribution in [0.1, 0.15) is 35.3 Å². The van der Waals surface area contributed by atoms with E-state index in [0.717, 1.165) is 37.4 Å². The van der Waals surface area contributed by atoms with Gasteiger partial charge in [0.25, 0.3) is 5.91 Å². The Bertz CT molecular complexity index is 653. The zero-order valence-electron chi connectivity index (χ0n) is 14.4. The van der Waals surface area contributed by atoms with Crippen LogP contribution >= 0.6 is 0 Å². The van der Waals surface area contributed by atoms with Gasteiger partial charge < -0.3 is 16.0 Å². The molecule has 0 aliphatic carbocycles. The smallest absolute Gasteiger partial charge is 0.252 e. The molecule has 0 spiro atoms. The van der Waals surface area contributed by atoms with Crippen molar-refractivity contribution in [3.63, 3.8) is 0 Å². The van der Waals surface area contributed by atoms with Crippen molar-refractivity contribution in [2.24, 2.45) is 0 Å². The zero-order valence-corrected chi connectivity index (χ0v) is 14.4. The Morgan fingerprint density at radius 3 is 2.92 bits per heavy atom. The van der Waals surface area contributed by atoms with Gasteiger partial charge in [0.1, 0.15) is 5.82 Å². The van der Waals surface area contributed by atoms with Crippen LogP contribution in [0, 0.1) is 0 Å². The monoisotopic (exact) mass is 339 g/mol. The lowest BCUT2D eigenvalue weighted by atomic mass is 10.2. The topological polar surface area (TPSA) is 78.9 Å². The number of pyridine rings is 2. The molecule has 1 saturated heterocycles. The first kappa shape index (κ1) is 17.4. The summed E-state index contributed by atoms with van der Waals surface area (Å²) in [4.78, 5) is 20.7. The van der Waals surface area contributed by atoms with E-state index in [4.69, 9.17) is 0 Å². The van der Waals surface area contributed by atoms with Crippen molar-refractivity contribution in [3.8, 4) is 0 Å². The molecule has 0 bridgehead atoms. The minimum atomic E-state index is -0.0856. The molecule has 1 atom stereocenters. The van der Waals surface area contributed by atoms with Gasteiger partial charge in [0, 0.05) is 37.2 Å². The molecule has 6 nitrogen and oxygen atoms in total. The fourth-order valence-electron chi connectivity index (χ4n) is 2.91. The first-order valence-corrected chi connectivity index (χ1v) is 8.93. The molecule has 1 fully saturated rings. The lowest BCUT2D eigenvalue weighted by Gasteiger charge is -2.12. The normalized spacial score (nSPS) is 16.6. The molecule has 3 heterocycles. The number of aromatic nitrogens is 2. The van der Waals surface area contributed by atoms with Crippen molar-refractivity contribution in [1.82, 2.24) is 20.6 Å². The molecule has 0 radical (unpaired) electrons. The SMILES string of the molecule is O=C(NCCCc1ccccn1)c1ccc(NC[C@@H]2CCCN2)nc1. The van der Waals surface area contributed by atoms with Crippen LogP contribution in [0.5, 0.6) is 0 Å². The van der Waals surface area contributed by atoms with Crippen molar-refractivity contribution >= 4 is 11.7 Å². The highest BCUT2D eigenvalue weighted by Gasteiger charge is 2.13. The van der Waals surface area contributed by atoms with Crippen molar-refractivity contribution < 1.29 is 4.79 Å². The van der Waals surface area contributed by atoms with E-state index in [0.29, 0.717) is 18.2 Å². The maximum Gasteiger partial charge on any atom is 0.252 e. The number of hydrogen-bond donors (Lipinski definition) is 3. The second kappa shape index (κ2) is 9.13. The summed E-state index contributed by atoms with van der Waals surface area (Å²) in [6.45, 7) is 2.59. The summed E-state index contributed by atoms with van der Waals surface area (Å²) in [6.07, 6.45) is 7.57. The van der Waals surface area contributed by atoms with Crippen LogP contribution in [0.3, 0.4) is 0 Å². The third kappa shape index (κ3) is 5.53. The van der Waals surface area contributed by atoms with E-state index < -0.39 is 0 Å². The number of nitrogens with one attached hydrogen (secondary N) is 3. The maximum atomic E-state index is 12.1. The van der Waals surface area contributed by atoms with E-state index in [9.17, 15) is 4.79 Å². The fraction of sp³-hybridized carbons (Fsp3) is 0.421. The predicted octanol–water partition coefficient (Wildman–Crippen LogP) is 2.00. The fourth-order valence-corrected chi connectivity index (χ4v) is 2.91. The Morgan fingerprint density at radius 1 is 1.24 bits per heavy atom. The van der Waals surface area contributed by atoms with E-state index in [1.165, 1.54) is 12.8 Å². The highest BCUT2D eigenvalue weighted by atomic mass is 16.1. The van der Waals surface area contributed by atoms with Crippen LogP contribution in [0.4, 0.5) is 5.82 Å². The van der Waals surface area contributed by atoms with Gasteiger partial charge >= 0.3 is 0 Å². The Morgan fingerprint density at radius 2 is 2.20 bits per heavy atom. The third-order valence-electron chi connectivity index (χ3n) is 4.34. The summed E-state index contributed by atoms with van der Waals surface area (Å²) in [5.41, 5.74) is 1.63. The average molecular weight is 339 g/mol. The molecule has 25 heavy (non-hydrogen) atoms. The average Bonchev–Trinajstić information content (AvgIpc) is 3.18. The molecule has 0 saturated carbocycles. The van der Waals surface area contributed by atoms with Crippen molar-refractivity contribution in [2.75, 3.05) is 25.0 Å². The van der Waals surface area contributed by atoms with Gasteiger partial charge in [-0.05, 0) is 56.5 Å². The first-order valence-electron chi connectivity index (χ1n) is 8.93. The molecule has 3 N–H and O–H groups in total. The molecule has 1 amide bonds.